The molecule has 0 aromatic carbocycles. The molecule has 1 aliphatic heterocycles. The minimum absolute atomic E-state index is 0.0847. The van der Waals surface area contributed by atoms with Gasteiger partial charge in [0, 0.05) is 30.7 Å². The quantitative estimate of drug-likeness (QED) is 0.924. The molecule has 3 aliphatic rings. The van der Waals surface area contributed by atoms with E-state index >= 15 is 0 Å². The first kappa shape index (κ1) is 14.2. The third-order valence-electron chi connectivity index (χ3n) is 5.79. The van der Waals surface area contributed by atoms with Crippen LogP contribution in [0.2, 0.25) is 0 Å². The summed E-state index contributed by atoms with van der Waals surface area (Å²) in [5.41, 5.74) is 0.949. The fourth-order valence-electron chi connectivity index (χ4n) is 4.79. The Bertz CT molecular complexity index is 545. The van der Waals surface area contributed by atoms with Gasteiger partial charge in [0.15, 0.2) is 0 Å². The van der Waals surface area contributed by atoms with E-state index in [1.54, 1.807) is 4.68 Å². The molecule has 1 aromatic heterocycles. The molecule has 4 rings (SSSR count). The molecule has 1 aromatic rings. The Labute approximate surface area is 131 Å². The summed E-state index contributed by atoms with van der Waals surface area (Å²) in [4.78, 5) is 12.4. The molecule has 5 heteroatoms. The average Bonchev–Trinajstić information content (AvgIpc) is 3.19. The van der Waals surface area contributed by atoms with E-state index < -0.39 is 0 Å². The number of nitrogens with one attached hydrogen (secondary N) is 1. The number of ether oxygens (including phenoxy) is 1. The van der Waals surface area contributed by atoms with Crippen molar-refractivity contribution in [3.63, 3.8) is 0 Å². The van der Waals surface area contributed by atoms with Gasteiger partial charge in [-0.2, -0.15) is 5.10 Å². The first-order chi connectivity index (χ1) is 10.7. The minimum atomic E-state index is 0.0847. The van der Waals surface area contributed by atoms with Gasteiger partial charge in [0.1, 0.15) is 6.54 Å². The van der Waals surface area contributed by atoms with Crippen LogP contribution in [0, 0.1) is 24.7 Å². The molecule has 4 atom stereocenters. The lowest BCUT2D eigenvalue weighted by Crippen LogP contribution is -2.63. The van der Waals surface area contributed by atoms with Crippen molar-refractivity contribution >= 4 is 5.91 Å². The molecule has 0 spiro atoms. The maximum Gasteiger partial charge on any atom is 0.241 e. The third-order valence-corrected chi connectivity index (χ3v) is 5.79. The predicted octanol–water partition coefficient (Wildman–Crippen LogP) is 1.90. The number of nitrogens with zero attached hydrogens (tertiary/aromatic N) is 2. The highest BCUT2D eigenvalue weighted by Crippen LogP contribution is 2.51. The zero-order valence-electron chi connectivity index (χ0n) is 13.2. The van der Waals surface area contributed by atoms with Crippen molar-refractivity contribution in [1.82, 2.24) is 15.1 Å². The van der Waals surface area contributed by atoms with Crippen LogP contribution in [0.4, 0.5) is 0 Å². The van der Waals surface area contributed by atoms with E-state index in [-0.39, 0.29) is 5.91 Å². The normalized spacial score (nSPS) is 34.4. The summed E-state index contributed by atoms with van der Waals surface area (Å²) in [6, 6.07) is 2.25. The summed E-state index contributed by atoms with van der Waals surface area (Å²) < 4.78 is 7.66. The number of hydrogen-bond donors (Lipinski definition) is 1. The van der Waals surface area contributed by atoms with Crippen molar-refractivity contribution in [3.8, 4) is 0 Å². The highest BCUT2D eigenvalue weighted by atomic mass is 16.5. The Kier molecular flexibility index (Phi) is 3.68. The summed E-state index contributed by atoms with van der Waals surface area (Å²) in [5, 5.41) is 7.59. The third kappa shape index (κ3) is 2.45. The first-order valence-corrected chi connectivity index (χ1v) is 8.63. The number of hydrogen-bond acceptors (Lipinski definition) is 3. The highest BCUT2D eigenvalue weighted by molar-refractivity contribution is 5.76. The monoisotopic (exact) mass is 303 g/mol. The lowest BCUT2D eigenvalue weighted by Gasteiger charge is -2.50. The second kappa shape index (κ2) is 5.69. The summed E-state index contributed by atoms with van der Waals surface area (Å²) in [7, 11) is 0. The van der Waals surface area contributed by atoms with Gasteiger partial charge < -0.3 is 10.1 Å². The largest absolute Gasteiger partial charge is 0.377 e. The van der Waals surface area contributed by atoms with Gasteiger partial charge in [-0.3, -0.25) is 9.48 Å². The van der Waals surface area contributed by atoms with Crippen molar-refractivity contribution < 1.29 is 9.53 Å². The van der Waals surface area contributed by atoms with Crippen molar-refractivity contribution in [2.75, 3.05) is 6.61 Å². The number of aryl methyl sites for hydroxylation is 1. The zero-order chi connectivity index (χ0) is 15.1. The SMILES string of the molecule is Cc1ccn(CC(=O)N[C@@H]2[C@@H]3CCO[C@@H]3[C@@H]2C2CCCC2)n1. The molecule has 22 heavy (non-hydrogen) atoms. The number of carbonyl (C=O) groups is 1. The van der Waals surface area contributed by atoms with Gasteiger partial charge in [0.05, 0.1) is 11.8 Å². The predicted molar refractivity (Wildman–Crippen MR) is 82.2 cm³/mol. The smallest absolute Gasteiger partial charge is 0.241 e. The lowest BCUT2D eigenvalue weighted by molar-refractivity contribution is -0.130. The van der Waals surface area contributed by atoms with Crippen molar-refractivity contribution in [2.24, 2.45) is 17.8 Å². The van der Waals surface area contributed by atoms with E-state index in [4.69, 9.17) is 4.74 Å². The Morgan fingerprint density at radius 2 is 2.23 bits per heavy atom. The molecular weight excluding hydrogens is 278 g/mol. The van der Waals surface area contributed by atoms with E-state index in [0.29, 0.717) is 30.5 Å². The molecular formula is C17H25N3O2. The molecule has 1 N–H and O–H groups in total. The topological polar surface area (TPSA) is 56.2 Å². The van der Waals surface area contributed by atoms with E-state index in [0.717, 1.165) is 24.6 Å². The van der Waals surface area contributed by atoms with E-state index in [1.165, 1.54) is 25.7 Å². The summed E-state index contributed by atoms with van der Waals surface area (Å²) >= 11 is 0. The van der Waals surface area contributed by atoms with Gasteiger partial charge in [0.2, 0.25) is 5.91 Å². The fourth-order valence-corrected chi connectivity index (χ4v) is 4.79. The van der Waals surface area contributed by atoms with Crippen LogP contribution in [-0.2, 0) is 16.1 Å². The summed E-state index contributed by atoms with van der Waals surface area (Å²) in [5.74, 6) is 1.91. The molecule has 5 nitrogen and oxygen atoms in total. The Balaban J connectivity index is 1.40. The second-order valence-corrected chi connectivity index (χ2v) is 7.16. The average molecular weight is 303 g/mol. The van der Waals surface area contributed by atoms with E-state index in [2.05, 4.69) is 10.4 Å². The summed E-state index contributed by atoms with van der Waals surface area (Å²) in [6.07, 6.45) is 8.66. The molecule has 2 aliphatic carbocycles. The maximum atomic E-state index is 12.4. The molecule has 2 heterocycles. The van der Waals surface area contributed by atoms with Crippen LogP contribution in [-0.4, -0.2) is 34.4 Å². The van der Waals surface area contributed by atoms with Crippen LogP contribution in [0.3, 0.4) is 0 Å². The number of carbonyl (C=O) groups excluding carboxylic acids is 1. The molecule has 0 unspecified atom stereocenters. The standard InChI is InChI=1S/C17H25N3O2/c1-11-6-8-20(19-11)10-14(21)18-16-13-7-9-22-17(13)15(16)12-4-2-3-5-12/h6,8,12-13,15-17H,2-5,7,9-10H2,1H3,(H,18,21)/t13-,15+,16+,17-/m0/s1. The van der Waals surface area contributed by atoms with Crippen LogP contribution < -0.4 is 5.32 Å². The van der Waals surface area contributed by atoms with Crippen LogP contribution in [0.25, 0.3) is 0 Å². The van der Waals surface area contributed by atoms with Gasteiger partial charge in [-0.1, -0.05) is 25.7 Å². The molecule has 1 saturated heterocycles. The van der Waals surface area contributed by atoms with Crippen LogP contribution in [0.5, 0.6) is 0 Å². The second-order valence-electron chi connectivity index (χ2n) is 7.16. The molecule has 120 valence electrons. The van der Waals surface area contributed by atoms with Gasteiger partial charge in [-0.05, 0) is 25.3 Å². The molecule has 3 fully saturated rings. The Morgan fingerprint density at radius 1 is 1.41 bits per heavy atom. The maximum absolute atomic E-state index is 12.4. The van der Waals surface area contributed by atoms with Gasteiger partial charge in [0.25, 0.3) is 0 Å². The first-order valence-electron chi connectivity index (χ1n) is 8.63. The van der Waals surface area contributed by atoms with E-state index in [1.807, 2.05) is 19.2 Å². The van der Waals surface area contributed by atoms with Gasteiger partial charge >= 0.3 is 0 Å². The Hall–Kier alpha value is -1.36. The fraction of sp³-hybridized carbons (Fsp3) is 0.765. The number of amides is 1. The van der Waals surface area contributed by atoms with Crippen LogP contribution >= 0.6 is 0 Å². The summed E-state index contributed by atoms with van der Waals surface area (Å²) in [6.45, 7) is 3.13. The van der Waals surface area contributed by atoms with Crippen molar-refractivity contribution in [3.05, 3.63) is 18.0 Å². The molecule has 0 bridgehead atoms. The van der Waals surface area contributed by atoms with Crippen molar-refractivity contribution in [1.29, 1.82) is 0 Å². The van der Waals surface area contributed by atoms with Crippen molar-refractivity contribution in [2.45, 2.75) is 57.7 Å². The zero-order valence-corrected chi connectivity index (χ0v) is 13.2. The van der Waals surface area contributed by atoms with Crippen LogP contribution in [0.15, 0.2) is 12.3 Å². The van der Waals surface area contributed by atoms with Crippen LogP contribution in [0.1, 0.15) is 37.8 Å². The van der Waals surface area contributed by atoms with Gasteiger partial charge in [-0.25, -0.2) is 0 Å². The molecule has 1 amide bonds. The number of aromatic nitrogens is 2. The Morgan fingerprint density at radius 3 is 2.95 bits per heavy atom. The van der Waals surface area contributed by atoms with E-state index in [9.17, 15) is 4.79 Å². The highest BCUT2D eigenvalue weighted by Gasteiger charge is 2.56. The number of rotatable bonds is 4. The molecule has 0 radical (unpaired) electrons. The molecule has 2 saturated carbocycles. The van der Waals surface area contributed by atoms with Gasteiger partial charge in [-0.15, -0.1) is 0 Å². The number of fused-ring (bicyclic) bond motifs is 1. The lowest BCUT2D eigenvalue weighted by atomic mass is 9.61. The minimum Gasteiger partial charge on any atom is -0.377 e.